The highest BCUT2D eigenvalue weighted by atomic mass is 32.2. The first kappa shape index (κ1) is 25.7. The molecule has 0 spiro atoms. The fraction of sp³-hybridized carbons (Fsp3) is 0.231. The van der Waals surface area contributed by atoms with Crippen molar-refractivity contribution in [1.82, 2.24) is 14.8 Å². The van der Waals surface area contributed by atoms with Crippen molar-refractivity contribution in [2.75, 3.05) is 4.72 Å². The van der Waals surface area contributed by atoms with Crippen LogP contribution in [0.2, 0.25) is 0 Å². The van der Waals surface area contributed by atoms with E-state index in [4.69, 9.17) is 4.99 Å². The number of carboxylic acids is 1. The number of nitrogens with one attached hydrogen (secondary N) is 1. The van der Waals surface area contributed by atoms with Gasteiger partial charge in [0.15, 0.2) is 5.82 Å². The van der Waals surface area contributed by atoms with E-state index in [-0.39, 0.29) is 4.90 Å². The molecule has 0 saturated carbocycles. The van der Waals surface area contributed by atoms with E-state index in [0.29, 0.717) is 28.6 Å². The number of hydrogen-bond acceptors (Lipinski definition) is 7. The normalized spacial score (nSPS) is 15.7. The average Bonchev–Trinajstić information content (AvgIpc) is 3.34. The second kappa shape index (κ2) is 9.44. The lowest BCUT2D eigenvalue weighted by Gasteiger charge is -2.16. The number of sulfonamides is 1. The molecular weight excluding hydrogens is 529 g/mol. The summed E-state index contributed by atoms with van der Waals surface area (Å²) in [5.74, 6) is -1.32. The third-order valence-electron chi connectivity index (χ3n) is 6.59. The van der Waals surface area contributed by atoms with Gasteiger partial charge in [0.1, 0.15) is 22.7 Å². The quantitative estimate of drug-likeness (QED) is 0.353. The van der Waals surface area contributed by atoms with Gasteiger partial charge in [0.05, 0.1) is 16.5 Å². The molecule has 3 heterocycles. The SMILES string of the molecule is Cc1sc2c(c1C)C(c1ccc(NS(=O)(=O)c3ccc(F)cc3)cc1)=N[C@@H](C(C)C(=O)O)c1nnc(C)n1-2. The van der Waals surface area contributed by atoms with Crippen LogP contribution in [0, 0.1) is 32.5 Å². The Hall–Kier alpha value is -3.90. The van der Waals surface area contributed by atoms with Gasteiger partial charge in [0.25, 0.3) is 10.0 Å². The first-order chi connectivity index (χ1) is 18.0. The molecule has 1 unspecified atom stereocenters. The van der Waals surface area contributed by atoms with Crippen molar-refractivity contribution in [2.24, 2.45) is 10.9 Å². The van der Waals surface area contributed by atoms with Crippen LogP contribution in [0.5, 0.6) is 0 Å². The molecule has 2 aromatic carbocycles. The summed E-state index contributed by atoms with van der Waals surface area (Å²) in [5, 5.41) is 19.2. The van der Waals surface area contributed by atoms with E-state index in [0.717, 1.165) is 33.1 Å². The van der Waals surface area contributed by atoms with Gasteiger partial charge >= 0.3 is 5.97 Å². The number of hydrogen-bond donors (Lipinski definition) is 2. The fourth-order valence-electron chi connectivity index (χ4n) is 4.34. The Balaban J connectivity index is 1.59. The van der Waals surface area contributed by atoms with Gasteiger partial charge < -0.3 is 5.11 Å². The zero-order chi connectivity index (χ0) is 27.4. The van der Waals surface area contributed by atoms with Gasteiger partial charge in [0, 0.05) is 21.7 Å². The molecule has 4 aromatic rings. The van der Waals surface area contributed by atoms with Crippen LogP contribution in [-0.2, 0) is 14.8 Å². The third kappa shape index (κ3) is 4.39. The van der Waals surface area contributed by atoms with Crippen molar-refractivity contribution < 1.29 is 22.7 Å². The molecule has 2 atom stereocenters. The van der Waals surface area contributed by atoms with Crippen LogP contribution in [0.3, 0.4) is 0 Å². The lowest BCUT2D eigenvalue weighted by molar-refractivity contribution is -0.141. The Morgan fingerprint density at radius 3 is 2.37 bits per heavy atom. The summed E-state index contributed by atoms with van der Waals surface area (Å²) in [6, 6.07) is 10.5. The number of aliphatic imine (C=N–C) groups is 1. The van der Waals surface area contributed by atoms with E-state index in [1.807, 2.05) is 25.3 Å². The van der Waals surface area contributed by atoms with Crippen molar-refractivity contribution in [3.05, 3.63) is 87.6 Å². The number of carbonyl (C=O) groups is 1. The Kier molecular flexibility index (Phi) is 6.40. The van der Waals surface area contributed by atoms with Gasteiger partial charge in [-0.3, -0.25) is 19.1 Å². The van der Waals surface area contributed by atoms with Crippen molar-refractivity contribution in [2.45, 2.75) is 38.6 Å². The number of rotatable bonds is 6. The van der Waals surface area contributed by atoms with Gasteiger partial charge in [-0.2, -0.15) is 0 Å². The minimum absolute atomic E-state index is 0.0611. The predicted molar refractivity (Wildman–Crippen MR) is 142 cm³/mol. The predicted octanol–water partition coefficient (Wildman–Crippen LogP) is 4.81. The lowest BCUT2D eigenvalue weighted by atomic mass is 9.98. The van der Waals surface area contributed by atoms with Gasteiger partial charge in [0.2, 0.25) is 0 Å². The molecular formula is C26H24FN5O4S2. The molecule has 0 amide bonds. The molecule has 0 fully saturated rings. The van der Waals surface area contributed by atoms with Crippen LogP contribution >= 0.6 is 11.3 Å². The summed E-state index contributed by atoms with van der Waals surface area (Å²) in [6.07, 6.45) is 0. The molecule has 0 saturated heterocycles. The first-order valence-electron chi connectivity index (χ1n) is 11.7. The van der Waals surface area contributed by atoms with E-state index < -0.39 is 33.8 Å². The maximum absolute atomic E-state index is 13.2. The molecule has 2 N–H and O–H groups in total. The van der Waals surface area contributed by atoms with Crippen molar-refractivity contribution in [3.63, 3.8) is 0 Å². The molecule has 2 aromatic heterocycles. The highest BCUT2D eigenvalue weighted by molar-refractivity contribution is 7.92. The van der Waals surface area contributed by atoms with E-state index in [2.05, 4.69) is 14.9 Å². The van der Waals surface area contributed by atoms with Crippen LogP contribution < -0.4 is 4.72 Å². The highest BCUT2D eigenvalue weighted by Gasteiger charge is 2.36. The van der Waals surface area contributed by atoms with Crippen LogP contribution in [0.4, 0.5) is 10.1 Å². The number of carboxylic acid groups (broad SMARTS) is 1. The monoisotopic (exact) mass is 553 g/mol. The molecule has 12 heteroatoms. The average molecular weight is 554 g/mol. The number of benzene rings is 2. The molecule has 196 valence electrons. The smallest absolute Gasteiger partial charge is 0.308 e. The number of aliphatic carboxylic acids is 1. The molecule has 1 aliphatic rings. The molecule has 9 nitrogen and oxygen atoms in total. The molecule has 5 rings (SSSR count). The van der Waals surface area contributed by atoms with Gasteiger partial charge in [-0.15, -0.1) is 21.5 Å². The van der Waals surface area contributed by atoms with Crippen LogP contribution in [-0.4, -0.2) is 40.0 Å². The summed E-state index contributed by atoms with van der Waals surface area (Å²) >= 11 is 1.56. The van der Waals surface area contributed by atoms with Crippen LogP contribution in [0.15, 0.2) is 58.4 Å². The van der Waals surface area contributed by atoms with Crippen LogP contribution in [0.25, 0.3) is 5.00 Å². The summed E-state index contributed by atoms with van der Waals surface area (Å²) in [4.78, 5) is 18.0. The van der Waals surface area contributed by atoms with Gasteiger partial charge in [-0.1, -0.05) is 12.1 Å². The Morgan fingerprint density at radius 2 is 1.74 bits per heavy atom. The number of halogens is 1. The number of nitrogens with zero attached hydrogens (tertiary/aromatic N) is 4. The number of anilines is 1. The van der Waals surface area contributed by atoms with E-state index in [1.54, 1.807) is 42.5 Å². The molecule has 38 heavy (non-hydrogen) atoms. The Labute approximate surface area is 222 Å². The maximum atomic E-state index is 13.2. The zero-order valence-electron chi connectivity index (χ0n) is 20.9. The number of aromatic nitrogens is 3. The van der Waals surface area contributed by atoms with E-state index >= 15 is 0 Å². The van der Waals surface area contributed by atoms with Crippen molar-refractivity contribution in [3.8, 4) is 5.00 Å². The second-order valence-corrected chi connectivity index (χ2v) is 12.0. The summed E-state index contributed by atoms with van der Waals surface area (Å²) in [6.45, 7) is 7.41. The van der Waals surface area contributed by atoms with Crippen LogP contribution in [0.1, 0.15) is 46.2 Å². The lowest BCUT2D eigenvalue weighted by Crippen LogP contribution is -2.21. The summed E-state index contributed by atoms with van der Waals surface area (Å²) in [7, 11) is -3.92. The molecule has 0 bridgehead atoms. The summed E-state index contributed by atoms with van der Waals surface area (Å²) < 4.78 is 43.1. The number of aryl methyl sites for hydroxylation is 2. The first-order valence-corrected chi connectivity index (χ1v) is 14.0. The Morgan fingerprint density at radius 1 is 1.08 bits per heavy atom. The third-order valence-corrected chi connectivity index (χ3v) is 9.18. The zero-order valence-corrected chi connectivity index (χ0v) is 22.6. The van der Waals surface area contributed by atoms with E-state index in [9.17, 15) is 22.7 Å². The largest absolute Gasteiger partial charge is 0.481 e. The standard InChI is InChI=1S/C26H24FN5O4S2/c1-13-15(3)37-25-21(13)23(28-22(14(2)26(33)34)24-30-29-16(4)32(24)25)17-5-9-19(10-6-17)31-38(35,36)20-11-7-18(27)8-12-20/h5-12,14,22,31H,1-4H3,(H,33,34)/t14?,22-/m0/s1. The molecule has 0 radical (unpaired) electrons. The van der Waals surface area contributed by atoms with Crippen molar-refractivity contribution >= 4 is 38.7 Å². The number of fused-ring (bicyclic) bond motifs is 3. The maximum Gasteiger partial charge on any atom is 0.308 e. The highest BCUT2D eigenvalue weighted by Crippen LogP contribution is 2.40. The Bertz CT molecular complexity index is 1690. The fourth-order valence-corrected chi connectivity index (χ4v) is 6.61. The van der Waals surface area contributed by atoms with E-state index in [1.165, 1.54) is 12.1 Å². The minimum atomic E-state index is -3.92. The van der Waals surface area contributed by atoms with Crippen molar-refractivity contribution in [1.29, 1.82) is 0 Å². The topological polar surface area (TPSA) is 127 Å². The van der Waals surface area contributed by atoms with Gasteiger partial charge in [-0.05, 0) is 69.7 Å². The molecule has 0 aliphatic carbocycles. The molecule has 1 aliphatic heterocycles. The second-order valence-electron chi connectivity index (χ2n) is 9.09. The number of thiophene rings is 1. The summed E-state index contributed by atoms with van der Waals surface area (Å²) in [5.41, 5.74) is 3.46. The minimum Gasteiger partial charge on any atom is -0.481 e. The van der Waals surface area contributed by atoms with Gasteiger partial charge in [-0.25, -0.2) is 12.8 Å².